The van der Waals surface area contributed by atoms with Crippen molar-refractivity contribution in [1.29, 1.82) is 0 Å². The number of nitrogens with zero attached hydrogens (tertiary/aromatic N) is 4. The number of fused-ring (bicyclic) bond motifs is 1. The molecule has 1 amide bonds. The molecule has 0 atom stereocenters. The zero-order valence-electron chi connectivity index (χ0n) is 16.0. The Labute approximate surface area is 166 Å². The number of ether oxygens (including phenoxy) is 1. The summed E-state index contributed by atoms with van der Waals surface area (Å²) in [5, 5.41) is 7.20. The van der Waals surface area contributed by atoms with E-state index < -0.39 is 0 Å². The van der Waals surface area contributed by atoms with E-state index in [-0.39, 0.29) is 18.0 Å². The van der Waals surface area contributed by atoms with Crippen LogP contribution >= 0.6 is 0 Å². The van der Waals surface area contributed by atoms with Gasteiger partial charge in [-0.3, -0.25) is 18.8 Å². The third-order valence-corrected chi connectivity index (χ3v) is 4.60. The summed E-state index contributed by atoms with van der Waals surface area (Å²) < 4.78 is 8.04. The zero-order valence-corrected chi connectivity index (χ0v) is 16.0. The smallest absolute Gasteiger partial charge is 0.264 e. The van der Waals surface area contributed by atoms with Crippen molar-refractivity contribution in [3.05, 3.63) is 71.4 Å². The van der Waals surface area contributed by atoms with Crippen molar-refractivity contribution in [2.75, 3.05) is 12.4 Å². The molecule has 0 saturated carbocycles. The summed E-state index contributed by atoms with van der Waals surface area (Å²) in [6.07, 6.45) is 2.81. The standard InChI is InChI=1S/C21H19N5O3/c1-25-20-18(11-23-25)21(28)26(13-22-20)12-19(27)24-16-8-6-14(7-9-16)15-4-3-5-17(10-15)29-2/h3-11,13H,12H2,1-2H3,(H,24,27). The number of benzene rings is 2. The second-order valence-electron chi connectivity index (χ2n) is 6.54. The van der Waals surface area contributed by atoms with E-state index in [2.05, 4.69) is 15.4 Å². The van der Waals surface area contributed by atoms with E-state index in [1.54, 1.807) is 14.2 Å². The van der Waals surface area contributed by atoms with Gasteiger partial charge in [0.2, 0.25) is 5.91 Å². The number of rotatable bonds is 5. The number of aromatic nitrogens is 4. The largest absolute Gasteiger partial charge is 0.497 e. The Kier molecular flexibility index (Phi) is 4.82. The summed E-state index contributed by atoms with van der Waals surface area (Å²) in [5.41, 5.74) is 2.85. The quantitative estimate of drug-likeness (QED) is 0.566. The highest BCUT2D eigenvalue weighted by molar-refractivity contribution is 5.91. The summed E-state index contributed by atoms with van der Waals surface area (Å²) in [4.78, 5) is 29.0. The molecular weight excluding hydrogens is 370 g/mol. The number of hydrogen-bond acceptors (Lipinski definition) is 5. The van der Waals surface area contributed by atoms with Crippen LogP contribution in [0.4, 0.5) is 5.69 Å². The lowest BCUT2D eigenvalue weighted by atomic mass is 10.1. The Morgan fingerprint density at radius 1 is 1.14 bits per heavy atom. The number of methoxy groups -OCH3 is 1. The lowest BCUT2D eigenvalue weighted by Gasteiger charge is -2.09. The minimum atomic E-state index is -0.314. The molecule has 0 spiro atoms. The maximum atomic E-state index is 12.5. The molecule has 0 saturated heterocycles. The van der Waals surface area contributed by atoms with Gasteiger partial charge in [-0.05, 0) is 35.4 Å². The van der Waals surface area contributed by atoms with Gasteiger partial charge >= 0.3 is 0 Å². The summed E-state index contributed by atoms with van der Waals surface area (Å²) in [6, 6.07) is 15.2. The van der Waals surface area contributed by atoms with Crippen LogP contribution in [0.3, 0.4) is 0 Å². The average Bonchev–Trinajstić information content (AvgIpc) is 3.12. The Balaban J connectivity index is 1.47. The number of anilines is 1. The topological polar surface area (TPSA) is 91.0 Å². The molecule has 0 aliphatic heterocycles. The maximum absolute atomic E-state index is 12.5. The number of nitrogens with one attached hydrogen (secondary N) is 1. The van der Waals surface area contributed by atoms with Crippen molar-refractivity contribution >= 4 is 22.6 Å². The SMILES string of the molecule is COc1cccc(-c2ccc(NC(=O)Cn3cnc4c(cnn4C)c3=O)cc2)c1. The third kappa shape index (κ3) is 3.73. The van der Waals surface area contributed by atoms with E-state index in [4.69, 9.17) is 4.74 Å². The molecular formula is C21H19N5O3. The Hall–Kier alpha value is -3.94. The zero-order chi connectivity index (χ0) is 20.4. The van der Waals surface area contributed by atoms with Gasteiger partial charge in [-0.2, -0.15) is 5.10 Å². The highest BCUT2D eigenvalue weighted by atomic mass is 16.5. The first-order valence-electron chi connectivity index (χ1n) is 8.96. The molecule has 0 unspecified atom stereocenters. The van der Waals surface area contributed by atoms with Crippen LogP contribution in [0.5, 0.6) is 5.75 Å². The molecule has 8 heteroatoms. The third-order valence-electron chi connectivity index (χ3n) is 4.60. The van der Waals surface area contributed by atoms with Crippen molar-refractivity contribution in [3.8, 4) is 16.9 Å². The van der Waals surface area contributed by atoms with E-state index in [0.29, 0.717) is 16.7 Å². The molecule has 4 rings (SSSR count). The fourth-order valence-corrected chi connectivity index (χ4v) is 3.08. The fourth-order valence-electron chi connectivity index (χ4n) is 3.08. The highest BCUT2D eigenvalue weighted by Gasteiger charge is 2.11. The van der Waals surface area contributed by atoms with Gasteiger partial charge in [0.15, 0.2) is 5.65 Å². The molecule has 0 radical (unpaired) electrons. The molecule has 0 aliphatic rings. The predicted octanol–water partition coefficient (Wildman–Crippen LogP) is 2.44. The fraction of sp³-hybridized carbons (Fsp3) is 0.143. The maximum Gasteiger partial charge on any atom is 0.264 e. The predicted molar refractivity (Wildman–Crippen MR) is 110 cm³/mol. The summed E-state index contributed by atoms with van der Waals surface area (Å²) in [6.45, 7) is -0.131. The van der Waals surface area contributed by atoms with Crippen molar-refractivity contribution in [2.24, 2.45) is 7.05 Å². The molecule has 29 heavy (non-hydrogen) atoms. The lowest BCUT2D eigenvalue weighted by molar-refractivity contribution is -0.116. The first-order chi connectivity index (χ1) is 14.0. The minimum absolute atomic E-state index is 0.131. The number of aryl methyl sites for hydroxylation is 1. The monoisotopic (exact) mass is 389 g/mol. The van der Waals surface area contributed by atoms with Gasteiger partial charge in [-0.25, -0.2) is 4.98 Å². The van der Waals surface area contributed by atoms with E-state index in [1.807, 2.05) is 48.5 Å². The van der Waals surface area contributed by atoms with Crippen LogP contribution in [-0.2, 0) is 18.4 Å². The van der Waals surface area contributed by atoms with Crippen molar-refractivity contribution < 1.29 is 9.53 Å². The number of carbonyl (C=O) groups is 1. The van der Waals surface area contributed by atoms with Gasteiger partial charge in [0, 0.05) is 12.7 Å². The Morgan fingerprint density at radius 3 is 2.69 bits per heavy atom. The number of carbonyl (C=O) groups excluding carboxylic acids is 1. The van der Waals surface area contributed by atoms with Crippen LogP contribution in [0.15, 0.2) is 65.8 Å². The Morgan fingerprint density at radius 2 is 1.93 bits per heavy atom. The van der Waals surface area contributed by atoms with Gasteiger partial charge in [0.05, 0.1) is 13.3 Å². The van der Waals surface area contributed by atoms with Gasteiger partial charge in [-0.1, -0.05) is 24.3 Å². The number of amides is 1. The molecule has 2 aromatic heterocycles. The van der Waals surface area contributed by atoms with Crippen molar-refractivity contribution in [1.82, 2.24) is 19.3 Å². The van der Waals surface area contributed by atoms with Crippen LogP contribution < -0.4 is 15.6 Å². The first kappa shape index (κ1) is 18.4. The van der Waals surface area contributed by atoms with E-state index in [1.165, 1.54) is 21.8 Å². The van der Waals surface area contributed by atoms with Gasteiger partial charge in [0.25, 0.3) is 5.56 Å². The molecule has 1 N–H and O–H groups in total. The van der Waals surface area contributed by atoms with E-state index in [0.717, 1.165) is 16.9 Å². The van der Waals surface area contributed by atoms with E-state index in [9.17, 15) is 9.59 Å². The van der Waals surface area contributed by atoms with Gasteiger partial charge < -0.3 is 10.1 Å². The minimum Gasteiger partial charge on any atom is -0.497 e. The van der Waals surface area contributed by atoms with Crippen molar-refractivity contribution in [2.45, 2.75) is 6.54 Å². The molecule has 0 bridgehead atoms. The Bertz CT molecular complexity index is 1240. The van der Waals surface area contributed by atoms with Crippen LogP contribution in [0.25, 0.3) is 22.2 Å². The molecule has 0 aliphatic carbocycles. The summed E-state index contributed by atoms with van der Waals surface area (Å²) >= 11 is 0. The van der Waals surface area contributed by atoms with Crippen LogP contribution in [-0.4, -0.2) is 32.3 Å². The summed E-state index contributed by atoms with van der Waals surface area (Å²) in [7, 11) is 3.34. The molecule has 0 fully saturated rings. The van der Waals surface area contributed by atoms with Gasteiger partial charge in [-0.15, -0.1) is 0 Å². The van der Waals surface area contributed by atoms with Crippen molar-refractivity contribution in [3.63, 3.8) is 0 Å². The normalized spacial score (nSPS) is 10.8. The van der Waals surface area contributed by atoms with Gasteiger partial charge in [0.1, 0.15) is 24.0 Å². The molecule has 146 valence electrons. The average molecular weight is 389 g/mol. The first-order valence-corrected chi connectivity index (χ1v) is 8.96. The lowest BCUT2D eigenvalue weighted by Crippen LogP contribution is -2.27. The van der Waals surface area contributed by atoms with E-state index >= 15 is 0 Å². The molecule has 4 aromatic rings. The van der Waals surface area contributed by atoms with Crippen LogP contribution in [0.1, 0.15) is 0 Å². The molecule has 2 aromatic carbocycles. The number of hydrogen-bond donors (Lipinski definition) is 1. The summed E-state index contributed by atoms with van der Waals surface area (Å²) in [5.74, 6) is 0.468. The van der Waals surface area contributed by atoms with Crippen LogP contribution in [0, 0.1) is 0 Å². The van der Waals surface area contributed by atoms with Crippen LogP contribution in [0.2, 0.25) is 0 Å². The molecule has 8 nitrogen and oxygen atoms in total. The second-order valence-corrected chi connectivity index (χ2v) is 6.54. The second kappa shape index (κ2) is 7.59. The molecule has 2 heterocycles. The highest BCUT2D eigenvalue weighted by Crippen LogP contribution is 2.25.